The highest BCUT2D eigenvalue weighted by Gasteiger charge is 2.25. The van der Waals surface area contributed by atoms with Crippen molar-refractivity contribution < 1.29 is 13.2 Å². The highest BCUT2D eigenvalue weighted by atomic mass is 35.5. The van der Waals surface area contributed by atoms with E-state index in [2.05, 4.69) is 5.32 Å². The third-order valence-electron chi connectivity index (χ3n) is 4.32. The first-order valence-electron chi connectivity index (χ1n) is 10.4. The Morgan fingerprint density at radius 2 is 1.52 bits per heavy atom. The van der Waals surface area contributed by atoms with Gasteiger partial charge in [0.1, 0.15) is 0 Å². The quantitative estimate of drug-likeness (QED) is 0.413. The molecule has 0 aliphatic rings. The molecular formula is C23H31ClN2O3S2. The van der Waals surface area contributed by atoms with E-state index in [0.29, 0.717) is 36.0 Å². The lowest BCUT2D eigenvalue weighted by Gasteiger charge is -2.25. The third kappa shape index (κ3) is 8.48. The molecule has 0 bridgehead atoms. The van der Waals surface area contributed by atoms with Gasteiger partial charge in [0, 0.05) is 40.9 Å². The summed E-state index contributed by atoms with van der Waals surface area (Å²) in [5.74, 6) is 0.994. The van der Waals surface area contributed by atoms with Crippen LogP contribution in [0, 0.1) is 11.8 Å². The second-order valence-corrected chi connectivity index (χ2v) is 11.8. The van der Waals surface area contributed by atoms with Gasteiger partial charge >= 0.3 is 0 Å². The second kappa shape index (κ2) is 11.9. The van der Waals surface area contributed by atoms with Crippen LogP contribution in [-0.4, -0.2) is 37.5 Å². The topological polar surface area (TPSA) is 66.5 Å². The molecule has 2 aromatic carbocycles. The van der Waals surface area contributed by atoms with Crippen LogP contribution >= 0.6 is 23.4 Å². The largest absolute Gasteiger partial charge is 0.326 e. The summed E-state index contributed by atoms with van der Waals surface area (Å²) in [5.41, 5.74) is 0.583. The molecule has 0 fully saturated rings. The summed E-state index contributed by atoms with van der Waals surface area (Å²) >= 11 is 7.46. The Balaban J connectivity index is 1.95. The van der Waals surface area contributed by atoms with Crippen molar-refractivity contribution in [3.8, 4) is 0 Å². The Hall–Kier alpha value is -1.54. The predicted molar refractivity (Wildman–Crippen MR) is 130 cm³/mol. The number of anilines is 1. The van der Waals surface area contributed by atoms with Crippen molar-refractivity contribution in [3.05, 3.63) is 53.6 Å². The number of hydrogen-bond donors (Lipinski definition) is 1. The maximum atomic E-state index is 13.1. The number of sulfonamides is 1. The Morgan fingerprint density at radius 1 is 0.968 bits per heavy atom. The molecule has 2 rings (SSSR count). The van der Waals surface area contributed by atoms with Gasteiger partial charge in [-0.15, -0.1) is 11.8 Å². The van der Waals surface area contributed by atoms with Gasteiger partial charge in [-0.1, -0.05) is 39.3 Å². The van der Waals surface area contributed by atoms with Crippen molar-refractivity contribution in [2.75, 3.05) is 24.2 Å². The van der Waals surface area contributed by atoms with E-state index in [4.69, 9.17) is 11.6 Å². The number of hydrogen-bond acceptors (Lipinski definition) is 4. The van der Waals surface area contributed by atoms with Gasteiger partial charge < -0.3 is 5.32 Å². The smallest absolute Gasteiger partial charge is 0.243 e. The maximum Gasteiger partial charge on any atom is 0.243 e. The second-order valence-electron chi connectivity index (χ2n) is 8.23. The minimum absolute atomic E-state index is 0.113. The fourth-order valence-corrected chi connectivity index (χ4v) is 5.71. The molecule has 0 saturated carbocycles. The molecule has 8 heteroatoms. The molecule has 0 aromatic heterocycles. The summed E-state index contributed by atoms with van der Waals surface area (Å²) < 4.78 is 27.7. The molecule has 1 amide bonds. The van der Waals surface area contributed by atoms with Crippen LogP contribution in [0.2, 0.25) is 5.02 Å². The minimum atomic E-state index is -3.58. The number of thioether (sulfide) groups is 1. The number of nitrogens with zero attached hydrogens (tertiary/aromatic N) is 1. The first-order valence-corrected chi connectivity index (χ1v) is 13.2. The molecule has 0 heterocycles. The van der Waals surface area contributed by atoms with Crippen molar-refractivity contribution in [3.63, 3.8) is 0 Å². The van der Waals surface area contributed by atoms with Crippen molar-refractivity contribution >= 4 is 45.0 Å². The van der Waals surface area contributed by atoms with Crippen molar-refractivity contribution in [1.29, 1.82) is 0 Å². The third-order valence-corrected chi connectivity index (χ3v) is 7.44. The summed E-state index contributed by atoms with van der Waals surface area (Å²) in [6.07, 6.45) is 0.351. The van der Waals surface area contributed by atoms with E-state index in [-0.39, 0.29) is 22.6 Å². The van der Waals surface area contributed by atoms with E-state index in [1.165, 1.54) is 0 Å². The molecule has 0 unspecified atom stereocenters. The molecule has 2 aromatic rings. The van der Waals surface area contributed by atoms with E-state index < -0.39 is 10.0 Å². The predicted octanol–water partition coefficient (Wildman–Crippen LogP) is 5.76. The van der Waals surface area contributed by atoms with Gasteiger partial charge in [0.25, 0.3) is 0 Å². The highest BCUT2D eigenvalue weighted by molar-refractivity contribution is 7.99. The Labute approximate surface area is 195 Å². The van der Waals surface area contributed by atoms with Crippen LogP contribution in [0.1, 0.15) is 34.1 Å². The number of carbonyl (C=O) groups excluding carboxylic acids is 1. The van der Waals surface area contributed by atoms with E-state index in [9.17, 15) is 13.2 Å². The van der Waals surface area contributed by atoms with Crippen molar-refractivity contribution in [2.45, 2.75) is 43.9 Å². The SMILES string of the molecule is CC(C)CN(CC(C)C)S(=O)(=O)c1ccc(NC(=O)CCSc2ccc(Cl)cc2)cc1. The Bertz CT molecular complexity index is 934. The molecule has 0 saturated heterocycles. The zero-order valence-corrected chi connectivity index (χ0v) is 20.9. The first kappa shape index (κ1) is 25.7. The van der Waals surface area contributed by atoms with Gasteiger partial charge in [-0.25, -0.2) is 8.42 Å². The lowest BCUT2D eigenvalue weighted by molar-refractivity contribution is -0.115. The minimum Gasteiger partial charge on any atom is -0.326 e. The monoisotopic (exact) mass is 482 g/mol. The molecular weight excluding hydrogens is 452 g/mol. The Kier molecular flexibility index (Phi) is 9.88. The lowest BCUT2D eigenvalue weighted by Crippen LogP contribution is -2.37. The van der Waals surface area contributed by atoms with Gasteiger partial charge in [-0.3, -0.25) is 4.79 Å². The van der Waals surface area contributed by atoms with Gasteiger partial charge in [0.05, 0.1) is 4.90 Å². The maximum absolute atomic E-state index is 13.1. The van der Waals surface area contributed by atoms with E-state index in [1.54, 1.807) is 40.3 Å². The number of amides is 1. The number of benzene rings is 2. The lowest BCUT2D eigenvalue weighted by atomic mass is 10.2. The zero-order valence-electron chi connectivity index (χ0n) is 18.5. The van der Waals surface area contributed by atoms with Gasteiger partial charge in [-0.05, 0) is 60.4 Å². The summed E-state index contributed by atoms with van der Waals surface area (Å²) in [6, 6.07) is 13.9. The van der Waals surface area contributed by atoms with E-state index >= 15 is 0 Å². The van der Waals surface area contributed by atoms with Gasteiger partial charge in [0.15, 0.2) is 0 Å². The van der Waals surface area contributed by atoms with Crippen LogP contribution in [0.5, 0.6) is 0 Å². The molecule has 0 aliphatic carbocycles. The number of carbonyl (C=O) groups is 1. The van der Waals surface area contributed by atoms with E-state index in [0.717, 1.165) is 4.90 Å². The van der Waals surface area contributed by atoms with Crippen molar-refractivity contribution in [1.82, 2.24) is 4.31 Å². The molecule has 0 spiro atoms. The summed E-state index contributed by atoms with van der Waals surface area (Å²) in [4.78, 5) is 13.5. The van der Waals surface area contributed by atoms with Crippen LogP contribution in [0.25, 0.3) is 0 Å². The average molecular weight is 483 g/mol. The van der Waals surface area contributed by atoms with Crippen LogP contribution < -0.4 is 5.32 Å². The number of halogens is 1. The van der Waals surface area contributed by atoms with Crippen LogP contribution in [0.3, 0.4) is 0 Å². The fraction of sp³-hybridized carbons (Fsp3) is 0.435. The normalized spacial score (nSPS) is 12.0. The summed E-state index contributed by atoms with van der Waals surface area (Å²) in [5, 5.41) is 3.51. The molecule has 0 atom stereocenters. The fourth-order valence-electron chi connectivity index (χ4n) is 2.96. The highest BCUT2D eigenvalue weighted by Crippen LogP contribution is 2.23. The van der Waals surface area contributed by atoms with Crippen molar-refractivity contribution in [2.24, 2.45) is 11.8 Å². The first-order chi connectivity index (χ1) is 14.6. The molecule has 0 radical (unpaired) electrons. The Morgan fingerprint density at radius 3 is 2.03 bits per heavy atom. The standard InChI is InChI=1S/C23H31ClN2O3S2/c1-17(2)15-26(16-18(3)4)31(28,29)22-11-7-20(8-12-22)25-23(27)13-14-30-21-9-5-19(24)6-10-21/h5-12,17-18H,13-16H2,1-4H3,(H,25,27). The summed E-state index contributed by atoms with van der Waals surface area (Å²) in [6.45, 7) is 8.98. The van der Waals surface area contributed by atoms with Gasteiger partial charge in [0.2, 0.25) is 15.9 Å². The van der Waals surface area contributed by atoms with Crippen LogP contribution in [0.15, 0.2) is 58.3 Å². The molecule has 5 nitrogen and oxygen atoms in total. The van der Waals surface area contributed by atoms with Crippen LogP contribution in [-0.2, 0) is 14.8 Å². The molecule has 0 aliphatic heterocycles. The molecule has 31 heavy (non-hydrogen) atoms. The van der Waals surface area contributed by atoms with E-state index in [1.807, 2.05) is 52.0 Å². The average Bonchev–Trinajstić information content (AvgIpc) is 2.69. The zero-order chi connectivity index (χ0) is 23.0. The molecule has 1 N–H and O–H groups in total. The summed E-state index contributed by atoms with van der Waals surface area (Å²) in [7, 11) is -3.58. The molecule has 170 valence electrons. The van der Waals surface area contributed by atoms with Gasteiger partial charge in [-0.2, -0.15) is 4.31 Å². The number of nitrogens with one attached hydrogen (secondary N) is 1. The van der Waals surface area contributed by atoms with Crippen LogP contribution in [0.4, 0.5) is 5.69 Å². The number of rotatable bonds is 11.